The summed E-state index contributed by atoms with van der Waals surface area (Å²) in [6.07, 6.45) is 0. The number of nitrogens with zero attached hydrogens (tertiary/aromatic N) is 4. The number of hydrogen-bond donors (Lipinski definition) is 0. The zero-order valence-corrected chi connectivity index (χ0v) is 11.8. The maximum absolute atomic E-state index is 6.17. The molecule has 3 rings (SSSR count). The van der Waals surface area contributed by atoms with E-state index in [-0.39, 0.29) is 0 Å². The number of fused-ring (bicyclic) bond motifs is 1. The van der Waals surface area contributed by atoms with E-state index in [1.54, 1.807) is 11.3 Å². The second-order valence-electron chi connectivity index (χ2n) is 4.65. The molecule has 2 aromatic rings. The van der Waals surface area contributed by atoms with Crippen LogP contribution < -0.4 is 0 Å². The van der Waals surface area contributed by atoms with Crippen LogP contribution in [0.4, 0.5) is 0 Å². The van der Waals surface area contributed by atoms with Gasteiger partial charge in [-0.25, -0.2) is 9.97 Å². The number of likely N-dealkylation sites (N-methyl/N-ethyl adjacent to an activating group) is 1. The molecule has 0 aromatic carbocycles. The Morgan fingerprint density at radius 3 is 2.83 bits per heavy atom. The maximum Gasteiger partial charge on any atom is 0.145 e. The summed E-state index contributed by atoms with van der Waals surface area (Å²) in [6.45, 7) is 5.14. The first-order chi connectivity index (χ1) is 8.72. The fourth-order valence-electron chi connectivity index (χ4n) is 2.14. The van der Waals surface area contributed by atoms with Gasteiger partial charge in [0.1, 0.15) is 15.8 Å². The number of thiophene rings is 1. The van der Waals surface area contributed by atoms with Gasteiger partial charge < -0.3 is 4.90 Å². The molecule has 18 heavy (non-hydrogen) atoms. The van der Waals surface area contributed by atoms with Crippen molar-refractivity contribution >= 4 is 33.2 Å². The summed E-state index contributed by atoms with van der Waals surface area (Å²) < 4.78 is 0. The van der Waals surface area contributed by atoms with E-state index in [9.17, 15) is 0 Å². The van der Waals surface area contributed by atoms with Gasteiger partial charge in [-0.1, -0.05) is 11.6 Å². The summed E-state index contributed by atoms with van der Waals surface area (Å²) in [5, 5.41) is 3.54. The molecule has 1 saturated heterocycles. The highest BCUT2D eigenvalue weighted by atomic mass is 35.5. The minimum Gasteiger partial charge on any atom is -0.304 e. The van der Waals surface area contributed by atoms with Crippen LogP contribution in [0.5, 0.6) is 0 Å². The van der Waals surface area contributed by atoms with Crippen LogP contribution in [0.15, 0.2) is 11.4 Å². The van der Waals surface area contributed by atoms with Crippen molar-refractivity contribution in [1.29, 1.82) is 0 Å². The molecule has 0 unspecified atom stereocenters. The highest BCUT2D eigenvalue weighted by Crippen LogP contribution is 2.25. The van der Waals surface area contributed by atoms with Gasteiger partial charge in [0.2, 0.25) is 0 Å². The molecule has 1 fully saturated rings. The van der Waals surface area contributed by atoms with Crippen molar-refractivity contribution in [2.75, 3.05) is 33.2 Å². The summed E-state index contributed by atoms with van der Waals surface area (Å²) in [5.41, 5.74) is 0. The molecule has 2 aromatic heterocycles. The number of halogens is 1. The quantitative estimate of drug-likeness (QED) is 0.790. The monoisotopic (exact) mass is 282 g/mol. The van der Waals surface area contributed by atoms with Crippen LogP contribution >= 0.6 is 22.9 Å². The van der Waals surface area contributed by atoms with Crippen molar-refractivity contribution in [2.24, 2.45) is 0 Å². The Morgan fingerprint density at radius 1 is 1.28 bits per heavy atom. The highest BCUT2D eigenvalue weighted by Gasteiger charge is 2.16. The number of rotatable bonds is 2. The van der Waals surface area contributed by atoms with E-state index in [4.69, 9.17) is 11.6 Å². The lowest BCUT2D eigenvalue weighted by Crippen LogP contribution is -2.44. The van der Waals surface area contributed by atoms with Gasteiger partial charge in [0.25, 0.3) is 0 Å². The molecule has 96 valence electrons. The predicted molar refractivity (Wildman–Crippen MR) is 75.2 cm³/mol. The molecule has 0 saturated carbocycles. The van der Waals surface area contributed by atoms with Gasteiger partial charge in [-0.2, -0.15) is 0 Å². The van der Waals surface area contributed by atoms with Crippen molar-refractivity contribution in [2.45, 2.75) is 6.54 Å². The van der Waals surface area contributed by atoms with Crippen LogP contribution in [0.25, 0.3) is 10.2 Å². The van der Waals surface area contributed by atoms with E-state index in [2.05, 4.69) is 26.8 Å². The van der Waals surface area contributed by atoms with Gasteiger partial charge >= 0.3 is 0 Å². The highest BCUT2D eigenvalue weighted by molar-refractivity contribution is 7.16. The molecule has 0 aliphatic carbocycles. The second-order valence-corrected chi connectivity index (χ2v) is 5.90. The number of piperazine rings is 1. The van der Waals surface area contributed by atoms with Crippen LogP contribution in [-0.4, -0.2) is 53.0 Å². The largest absolute Gasteiger partial charge is 0.304 e. The van der Waals surface area contributed by atoms with E-state index in [1.807, 2.05) is 11.4 Å². The van der Waals surface area contributed by atoms with Crippen molar-refractivity contribution in [3.8, 4) is 0 Å². The van der Waals surface area contributed by atoms with Gasteiger partial charge in [0, 0.05) is 31.6 Å². The van der Waals surface area contributed by atoms with Crippen LogP contribution in [0, 0.1) is 0 Å². The third kappa shape index (κ3) is 2.49. The fraction of sp³-hybridized carbons (Fsp3) is 0.500. The van der Waals surface area contributed by atoms with Gasteiger partial charge in [-0.05, 0) is 18.5 Å². The first-order valence-electron chi connectivity index (χ1n) is 6.03. The maximum atomic E-state index is 6.17. The van der Waals surface area contributed by atoms with E-state index in [0.29, 0.717) is 5.15 Å². The lowest BCUT2D eigenvalue weighted by atomic mass is 10.3. The zero-order valence-electron chi connectivity index (χ0n) is 10.3. The molecule has 3 heterocycles. The molecule has 0 N–H and O–H groups in total. The Hall–Kier alpha value is -0.750. The number of aromatic nitrogens is 2. The normalized spacial score (nSPS) is 18.6. The van der Waals surface area contributed by atoms with Crippen molar-refractivity contribution in [1.82, 2.24) is 19.8 Å². The summed E-state index contributed by atoms with van der Waals surface area (Å²) in [7, 11) is 2.16. The average molecular weight is 283 g/mol. The zero-order chi connectivity index (χ0) is 12.5. The topological polar surface area (TPSA) is 32.3 Å². The lowest BCUT2D eigenvalue weighted by Gasteiger charge is -2.31. The minimum atomic E-state index is 0.574. The molecular weight excluding hydrogens is 268 g/mol. The molecule has 0 amide bonds. The Kier molecular flexibility index (Phi) is 3.48. The molecule has 0 atom stereocenters. The molecule has 4 nitrogen and oxygen atoms in total. The Morgan fingerprint density at radius 2 is 2.06 bits per heavy atom. The summed E-state index contributed by atoms with van der Waals surface area (Å²) in [4.78, 5) is 14.7. The van der Waals surface area contributed by atoms with Crippen LogP contribution in [0.1, 0.15) is 5.82 Å². The standard InChI is InChI=1S/C12H15ClN4S/c1-16-3-5-17(6-4-16)8-10-14-11(13)9-2-7-18-12(9)15-10/h2,7H,3-6,8H2,1H3. The fourth-order valence-corrected chi connectivity index (χ4v) is 3.23. The molecule has 1 aliphatic heterocycles. The van der Waals surface area contributed by atoms with Crippen LogP contribution in [0.2, 0.25) is 5.15 Å². The van der Waals surface area contributed by atoms with Crippen LogP contribution in [0.3, 0.4) is 0 Å². The average Bonchev–Trinajstić information content (AvgIpc) is 2.81. The van der Waals surface area contributed by atoms with Gasteiger partial charge in [0.15, 0.2) is 0 Å². The first kappa shape index (κ1) is 12.3. The number of hydrogen-bond acceptors (Lipinski definition) is 5. The third-order valence-corrected chi connectivity index (χ3v) is 4.38. The van der Waals surface area contributed by atoms with Gasteiger partial charge in [-0.15, -0.1) is 11.3 Å². The third-order valence-electron chi connectivity index (χ3n) is 3.29. The molecular formula is C12H15ClN4S. The van der Waals surface area contributed by atoms with E-state index in [0.717, 1.165) is 48.8 Å². The van der Waals surface area contributed by atoms with Crippen molar-refractivity contribution in [3.63, 3.8) is 0 Å². The van der Waals surface area contributed by atoms with E-state index < -0.39 is 0 Å². The molecule has 1 aliphatic rings. The Bertz CT molecular complexity index is 548. The molecule has 0 bridgehead atoms. The Balaban J connectivity index is 1.78. The smallest absolute Gasteiger partial charge is 0.145 e. The molecule has 0 spiro atoms. The van der Waals surface area contributed by atoms with E-state index >= 15 is 0 Å². The van der Waals surface area contributed by atoms with Crippen molar-refractivity contribution < 1.29 is 0 Å². The van der Waals surface area contributed by atoms with Crippen LogP contribution in [-0.2, 0) is 6.54 Å². The SMILES string of the molecule is CN1CCN(Cc2nc(Cl)c3ccsc3n2)CC1. The molecule has 6 heteroatoms. The predicted octanol–water partition coefficient (Wildman–Crippen LogP) is 2.09. The minimum absolute atomic E-state index is 0.574. The Labute approximate surface area is 115 Å². The summed E-state index contributed by atoms with van der Waals surface area (Å²) in [6, 6.07) is 1.97. The van der Waals surface area contributed by atoms with Crippen molar-refractivity contribution in [3.05, 3.63) is 22.4 Å². The van der Waals surface area contributed by atoms with E-state index in [1.165, 1.54) is 0 Å². The molecule has 0 radical (unpaired) electrons. The lowest BCUT2D eigenvalue weighted by molar-refractivity contribution is 0.145. The van der Waals surface area contributed by atoms with Gasteiger partial charge in [-0.3, -0.25) is 4.90 Å². The summed E-state index contributed by atoms with van der Waals surface area (Å²) >= 11 is 7.79. The summed E-state index contributed by atoms with van der Waals surface area (Å²) in [5.74, 6) is 0.833. The first-order valence-corrected chi connectivity index (χ1v) is 7.28. The van der Waals surface area contributed by atoms with Gasteiger partial charge in [0.05, 0.1) is 6.54 Å². The second kappa shape index (κ2) is 5.09.